The average Bonchev–Trinajstić information content (AvgIpc) is 2.49. The third-order valence-corrected chi connectivity index (χ3v) is 3.16. The maximum atomic E-state index is 5.97. The molecule has 1 N–H and O–H groups in total. The molecule has 1 aromatic rings. The first-order valence-corrected chi connectivity index (χ1v) is 5.49. The summed E-state index contributed by atoms with van der Waals surface area (Å²) in [6.45, 7) is 0.839. The zero-order valence-corrected chi connectivity index (χ0v) is 10.1. The number of nitrogens with zero attached hydrogens (tertiary/aromatic N) is 2. The number of anilines is 1. The van der Waals surface area contributed by atoms with E-state index in [0.29, 0.717) is 5.15 Å². The molecule has 0 unspecified atom stereocenters. The lowest BCUT2D eigenvalue weighted by atomic mass is 10.4. The second kappa shape index (κ2) is 5.34. The van der Waals surface area contributed by atoms with Crippen molar-refractivity contribution in [2.24, 2.45) is 0 Å². The third-order valence-electron chi connectivity index (χ3n) is 1.57. The van der Waals surface area contributed by atoms with Gasteiger partial charge in [0.15, 0.2) is 5.13 Å². The molecule has 0 aliphatic heterocycles. The molecular formula is C9H14ClN3S. The SMILES string of the molecule is CNCC=Cc1sc(N(C)C)nc1Cl. The van der Waals surface area contributed by atoms with E-state index >= 15 is 0 Å². The molecule has 0 atom stereocenters. The van der Waals surface area contributed by atoms with Crippen LogP contribution in [0.5, 0.6) is 0 Å². The summed E-state index contributed by atoms with van der Waals surface area (Å²) in [6, 6.07) is 0. The number of thiazole rings is 1. The zero-order valence-electron chi connectivity index (χ0n) is 8.54. The number of hydrogen-bond donors (Lipinski definition) is 1. The largest absolute Gasteiger partial charge is 0.354 e. The van der Waals surface area contributed by atoms with Crippen LogP contribution in [0, 0.1) is 0 Å². The zero-order chi connectivity index (χ0) is 10.6. The van der Waals surface area contributed by atoms with Crippen LogP contribution in [-0.4, -0.2) is 32.7 Å². The molecule has 0 fully saturated rings. The van der Waals surface area contributed by atoms with Gasteiger partial charge in [-0.05, 0) is 13.1 Å². The van der Waals surface area contributed by atoms with Crippen LogP contribution in [0.25, 0.3) is 6.08 Å². The average molecular weight is 232 g/mol. The van der Waals surface area contributed by atoms with Crippen molar-refractivity contribution in [3.8, 4) is 0 Å². The summed E-state index contributed by atoms with van der Waals surface area (Å²) >= 11 is 7.56. The van der Waals surface area contributed by atoms with E-state index in [0.717, 1.165) is 16.6 Å². The van der Waals surface area contributed by atoms with Crippen LogP contribution >= 0.6 is 22.9 Å². The minimum absolute atomic E-state index is 0.575. The molecule has 0 saturated heterocycles. The van der Waals surface area contributed by atoms with Gasteiger partial charge in [0, 0.05) is 20.6 Å². The van der Waals surface area contributed by atoms with Gasteiger partial charge in [-0.25, -0.2) is 4.98 Å². The highest BCUT2D eigenvalue weighted by Gasteiger charge is 2.07. The smallest absolute Gasteiger partial charge is 0.186 e. The molecule has 0 bridgehead atoms. The summed E-state index contributed by atoms with van der Waals surface area (Å²) < 4.78 is 0. The molecule has 0 radical (unpaired) electrons. The maximum Gasteiger partial charge on any atom is 0.186 e. The minimum Gasteiger partial charge on any atom is -0.354 e. The third kappa shape index (κ3) is 2.97. The van der Waals surface area contributed by atoms with Crippen LogP contribution in [0.2, 0.25) is 5.15 Å². The second-order valence-electron chi connectivity index (χ2n) is 3.01. The first kappa shape index (κ1) is 11.5. The highest BCUT2D eigenvalue weighted by Crippen LogP contribution is 2.29. The second-order valence-corrected chi connectivity index (χ2v) is 4.37. The molecule has 5 heteroatoms. The number of hydrogen-bond acceptors (Lipinski definition) is 4. The Morgan fingerprint density at radius 1 is 1.57 bits per heavy atom. The number of halogens is 1. The van der Waals surface area contributed by atoms with Gasteiger partial charge in [0.1, 0.15) is 5.15 Å². The molecular weight excluding hydrogens is 218 g/mol. The molecule has 0 spiro atoms. The topological polar surface area (TPSA) is 28.2 Å². The van der Waals surface area contributed by atoms with Gasteiger partial charge in [0.05, 0.1) is 4.88 Å². The first-order valence-electron chi connectivity index (χ1n) is 4.30. The molecule has 14 heavy (non-hydrogen) atoms. The van der Waals surface area contributed by atoms with Crippen LogP contribution in [0.1, 0.15) is 4.88 Å². The van der Waals surface area contributed by atoms with Gasteiger partial charge in [0.2, 0.25) is 0 Å². The van der Waals surface area contributed by atoms with Gasteiger partial charge in [-0.2, -0.15) is 0 Å². The van der Waals surface area contributed by atoms with E-state index in [1.54, 1.807) is 11.3 Å². The highest BCUT2D eigenvalue weighted by molar-refractivity contribution is 7.17. The molecule has 1 heterocycles. The Kier molecular flexibility index (Phi) is 4.38. The predicted octanol–water partition coefficient (Wildman–Crippen LogP) is 2.10. The van der Waals surface area contributed by atoms with Gasteiger partial charge in [-0.1, -0.05) is 29.0 Å². The fraction of sp³-hybridized carbons (Fsp3) is 0.444. The van der Waals surface area contributed by atoms with Crippen molar-refractivity contribution >= 4 is 34.1 Å². The molecule has 0 saturated carbocycles. The van der Waals surface area contributed by atoms with Crippen LogP contribution in [0.3, 0.4) is 0 Å². The molecule has 0 aromatic carbocycles. The standard InChI is InChI=1S/C9H14ClN3S/c1-11-6-4-5-7-8(10)12-9(14-7)13(2)3/h4-5,11H,6H2,1-3H3. The fourth-order valence-electron chi connectivity index (χ4n) is 0.880. The Morgan fingerprint density at radius 3 is 2.79 bits per heavy atom. The van der Waals surface area contributed by atoms with Gasteiger partial charge in [-0.3, -0.25) is 0 Å². The Bertz CT molecular complexity index is 320. The van der Waals surface area contributed by atoms with Gasteiger partial charge in [0.25, 0.3) is 0 Å². The number of likely N-dealkylation sites (N-methyl/N-ethyl adjacent to an activating group) is 1. The molecule has 1 rings (SSSR count). The van der Waals surface area contributed by atoms with Gasteiger partial charge >= 0.3 is 0 Å². The predicted molar refractivity (Wildman–Crippen MR) is 64.4 cm³/mol. The quantitative estimate of drug-likeness (QED) is 0.860. The number of nitrogens with one attached hydrogen (secondary N) is 1. The van der Waals surface area contributed by atoms with Gasteiger partial charge in [-0.15, -0.1) is 0 Å². The Labute approximate surface area is 93.4 Å². The van der Waals surface area contributed by atoms with Gasteiger partial charge < -0.3 is 10.2 Å². The summed E-state index contributed by atoms with van der Waals surface area (Å²) in [5, 5.41) is 4.54. The summed E-state index contributed by atoms with van der Waals surface area (Å²) in [4.78, 5) is 7.18. The summed E-state index contributed by atoms with van der Waals surface area (Å²) in [6.07, 6.45) is 4.02. The molecule has 3 nitrogen and oxygen atoms in total. The van der Waals surface area contributed by atoms with E-state index in [2.05, 4.69) is 10.3 Å². The van der Waals surface area contributed by atoms with Crippen molar-refractivity contribution in [1.29, 1.82) is 0 Å². The van der Waals surface area contributed by atoms with Crippen molar-refractivity contribution < 1.29 is 0 Å². The first-order chi connectivity index (χ1) is 6.65. The van der Waals surface area contributed by atoms with E-state index in [1.165, 1.54) is 0 Å². The number of rotatable bonds is 4. The van der Waals surface area contributed by atoms with Crippen molar-refractivity contribution in [3.05, 3.63) is 16.1 Å². The maximum absolute atomic E-state index is 5.97. The summed E-state index contributed by atoms with van der Waals surface area (Å²) in [5.74, 6) is 0. The van der Waals surface area contributed by atoms with Crippen LogP contribution in [0.4, 0.5) is 5.13 Å². The normalized spacial score (nSPS) is 11.1. The fourth-order valence-corrected chi connectivity index (χ4v) is 2.00. The van der Waals surface area contributed by atoms with Crippen LogP contribution in [0.15, 0.2) is 6.08 Å². The lowest BCUT2D eigenvalue weighted by Crippen LogP contribution is -2.07. The Hall–Kier alpha value is -0.580. The van der Waals surface area contributed by atoms with E-state index in [4.69, 9.17) is 11.6 Å². The van der Waals surface area contributed by atoms with E-state index in [1.807, 2.05) is 38.2 Å². The summed E-state index contributed by atoms with van der Waals surface area (Å²) in [5.41, 5.74) is 0. The monoisotopic (exact) mass is 231 g/mol. The van der Waals surface area contributed by atoms with Crippen molar-refractivity contribution in [1.82, 2.24) is 10.3 Å². The lowest BCUT2D eigenvalue weighted by molar-refractivity contribution is 0.922. The lowest BCUT2D eigenvalue weighted by Gasteiger charge is -2.04. The van der Waals surface area contributed by atoms with E-state index in [9.17, 15) is 0 Å². The molecule has 0 amide bonds. The van der Waals surface area contributed by atoms with E-state index in [-0.39, 0.29) is 0 Å². The van der Waals surface area contributed by atoms with Crippen molar-refractivity contribution in [3.63, 3.8) is 0 Å². The molecule has 0 aliphatic carbocycles. The molecule has 1 aromatic heterocycles. The number of aromatic nitrogens is 1. The van der Waals surface area contributed by atoms with E-state index < -0.39 is 0 Å². The summed E-state index contributed by atoms with van der Waals surface area (Å²) in [7, 11) is 5.82. The minimum atomic E-state index is 0.575. The van der Waals surface area contributed by atoms with Crippen LogP contribution < -0.4 is 10.2 Å². The Balaban J connectivity index is 2.77. The van der Waals surface area contributed by atoms with Crippen molar-refractivity contribution in [2.75, 3.05) is 32.6 Å². The molecule has 78 valence electrons. The van der Waals surface area contributed by atoms with Crippen molar-refractivity contribution in [2.45, 2.75) is 0 Å². The highest BCUT2D eigenvalue weighted by atomic mass is 35.5. The molecule has 0 aliphatic rings. The van der Waals surface area contributed by atoms with Crippen LogP contribution in [-0.2, 0) is 0 Å². The Morgan fingerprint density at radius 2 is 2.29 bits per heavy atom.